The summed E-state index contributed by atoms with van der Waals surface area (Å²) in [6, 6.07) is -0.668. The molecular formula is C15H19N3O3. The Labute approximate surface area is 123 Å². The van der Waals surface area contributed by atoms with Crippen LogP contribution in [0.25, 0.3) is 0 Å². The third-order valence-electron chi connectivity index (χ3n) is 3.51. The quantitative estimate of drug-likeness (QED) is 0.655. The number of carbonyl (C=O) groups excluding carboxylic acids is 3. The first-order chi connectivity index (χ1) is 10.0. The molecule has 1 atom stereocenters. The van der Waals surface area contributed by atoms with Gasteiger partial charge < -0.3 is 11.1 Å². The van der Waals surface area contributed by atoms with Gasteiger partial charge in [0.15, 0.2) is 0 Å². The molecule has 0 aromatic carbocycles. The van der Waals surface area contributed by atoms with E-state index in [4.69, 9.17) is 5.73 Å². The number of imide groups is 1. The van der Waals surface area contributed by atoms with Crippen LogP contribution in [0.5, 0.6) is 0 Å². The number of allylic oxidation sites excluding steroid dienone is 3. The molecule has 1 aliphatic heterocycles. The highest BCUT2D eigenvalue weighted by atomic mass is 16.2. The second kappa shape index (κ2) is 6.39. The molecule has 1 saturated heterocycles. The monoisotopic (exact) mass is 289 g/mol. The number of nitrogens with two attached hydrogens (primary N) is 1. The summed E-state index contributed by atoms with van der Waals surface area (Å²) < 4.78 is 0. The molecule has 1 heterocycles. The van der Waals surface area contributed by atoms with Crippen LogP contribution in [0.1, 0.15) is 32.6 Å². The summed E-state index contributed by atoms with van der Waals surface area (Å²) in [4.78, 5) is 35.1. The van der Waals surface area contributed by atoms with Gasteiger partial charge in [0.05, 0.1) is 0 Å². The first kappa shape index (κ1) is 15.0. The Morgan fingerprint density at radius 2 is 2.24 bits per heavy atom. The minimum atomic E-state index is -0.668. The van der Waals surface area contributed by atoms with Crippen LogP contribution in [0.3, 0.4) is 0 Å². The minimum absolute atomic E-state index is 0.235. The zero-order chi connectivity index (χ0) is 15.4. The van der Waals surface area contributed by atoms with E-state index in [9.17, 15) is 14.4 Å². The number of piperidine rings is 1. The molecule has 0 saturated carbocycles. The molecule has 2 aliphatic rings. The zero-order valence-corrected chi connectivity index (χ0v) is 11.9. The molecule has 1 unspecified atom stereocenters. The maximum atomic E-state index is 12.4. The number of rotatable bonds is 3. The molecule has 3 amide bonds. The first-order valence-electron chi connectivity index (χ1n) is 7.01. The molecule has 4 N–H and O–H groups in total. The third kappa shape index (κ3) is 3.59. The zero-order valence-electron chi connectivity index (χ0n) is 11.9. The van der Waals surface area contributed by atoms with Gasteiger partial charge >= 0.3 is 0 Å². The smallest absolute Gasteiger partial charge is 0.252 e. The third-order valence-corrected chi connectivity index (χ3v) is 3.51. The van der Waals surface area contributed by atoms with Crippen LogP contribution >= 0.6 is 0 Å². The van der Waals surface area contributed by atoms with Crippen molar-refractivity contribution < 1.29 is 14.4 Å². The molecule has 2 rings (SSSR count). The van der Waals surface area contributed by atoms with E-state index < -0.39 is 11.9 Å². The fourth-order valence-corrected chi connectivity index (χ4v) is 2.36. The maximum Gasteiger partial charge on any atom is 0.252 e. The van der Waals surface area contributed by atoms with E-state index in [1.165, 1.54) is 0 Å². The Balaban J connectivity index is 2.15. The van der Waals surface area contributed by atoms with Gasteiger partial charge in [0.2, 0.25) is 11.8 Å². The summed E-state index contributed by atoms with van der Waals surface area (Å²) in [5.74, 6) is -1.07. The van der Waals surface area contributed by atoms with Gasteiger partial charge in [-0.05, 0) is 24.5 Å². The second-order valence-corrected chi connectivity index (χ2v) is 5.10. The van der Waals surface area contributed by atoms with Crippen molar-refractivity contribution in [2.24, 2.45) is 5.73 Å². The molecule has 0 aromatic heterocycles. The van der Waals surface area contributed by atoms with Crippen LogP contribution in [0, 0.1) is 0 Å². The van der Waals surface area contributed by atoms with E-state index in [2.05, 4.69) is 10.6 Å². The molecule has 6 nitrogen and oxygen atoms in total. The Morgan fingerprint density at radius 1 is 1.48 bits per heavy atom. The van der Waals surface area contributed by atoms with Crippen LogP contribution in [-0.2, 0) is 14.4 Å². The van der Waals surface area contributed by atoms with Gasteiger partial charge in [0.1, 0.15) is 6.04 Å². The molecule has 1 aliphatic carbocycles. The van der Waals surface area contributed by atoms with Gasteiger partial charge in [-0.3, -0.25) is 19.7 Å². The molecule has 1 fully saturated rings. The van der Waals surface area contributed by atoms with Crippen molar-refractivity contribution >= 4 is 17.7 Å². The Kier molecular flexibility index (Phi) is 4.57. The van der Waals surface area contributed by atoms with Crippen LogP contribution in [-0.4, -0.2) is 23.8 Å². The standard InChI is InChI=1S/C15H19N3O3/c1-2-9-8-10(16)4-3-5-11(9)14(20)17-12-6-7-13(19)18-15(12)21/h3,5,8,12H,2,4,6-7,16H2,1H3,(H,17,20)(H,18,19,21). The molecule has 21 heavy (non-hydrogen) atoms. The molecule has 112 valence electrons. The summed E-state index contributed by atoms with van der Waals surface area (Å²) in [5, 5.41) is 4.91. The number of amides is 3. The van der Waals surface area contributed by atoms with Gasteiger partial charge in [0, 0.05) is 24.1 Å². The normalized spacial score (nSPS) is 22.5. The fraction of sp³-hybridized carbons (Fsp3) is 0.400. The lowest BCUT2D eigenvalue weighted by molar-refractivity contribution is -0.136. The summed E-state index contributed by atoms with van der Waals surface area (Å²) in [5.41, 5.74) is 7.88. The van der Waals surface area contributed by atoms with E-state index in [0.29, 0.717) is 30.5 Å². The molecule has 0 radical (unpaired) electrons. The topological polar surface area (TPSA) is 101 Å². The lowest BCUT2D eigenvalue weighted by atomic mass is 10.0. The Bertz CT molecular complexity index is 573. The van der Waals surface area contributed by atoms with Gasteiger partial charge in [0.25, 0.3) is 5.91 Å². The molecule has 0 spiro atoms. The van der Waals surface area contributed by atoms with Crippen LogP contribution in [0.2, 0.25) is 0 Å². The summed E-state index contributed by atoms with van der Waals surface area (Å²) in [6.07, 6.45) is 7.19. The first-order valence-corrected chi connectivity index (χ1v) is 7.01. The van der Waals surface area contributed by atoms with Gasteiger partial charge in [-0.15, -0.1) is 0 Å². The van der Waals surface area contributed by atoms with Gasteiger partial charge in [-0.25, -0.2) is 0 Å². The largest absolute Gasteiger partial charge is 0.402 e. The van der Waals surface area contributed by atoms with Crippen molar-refractivity contribution in [3.63, 3.8) is 0 Å². The average molecular weight is 289 g/mol. The van der Waals surface area contributed by atoms with E-state index in [1.807, 2.05) is 13.0 Å². The lowest BCUT2D eigenvalue weighted by Gasteiger charge is -2.22. The van der Waals surface area contributed by atoms with Crippen molar-refractivity contribution in [1.29, 1.82) is 0 Å². The van der Waals surface area contributed by atoms with Crippen LogP contribution in [0.15, 0.2) is 35.1 Å². The van der Waals surface area contributed by atoms with E-state index >= 15 is 0 Å². The average Bonchev–Trinajstić information content (AvgIpc) is 2.63. The SMILES string of the molecule is CCC1=C(C(=O)NC2CCC(=O)NC2=O)C=CCC(N)=C1. The van der Waals surface area contributed by atoms with Crippen molar-refractivity contribution in [3.8, 4) is 0 Å². The Morgan fingerprint density at radius 3 is 2.90 bits per heavy atom. The molecule has 0 aromatic rings. The summed E-state index contributed by atoms with van der Waals surface area (Å²) in [6.45, 7) is 1.94. The molecule has 6 heteroatoms. The fourth-order valence-electron chi connectivity index (χ4n) is 2.36. The van der Waals surface area contributed by atoms with Crippen molar-refractivity contribution in [3.05, 3.63) is 35.1 Å². The van der Waals surface area contributed by atoms with Gasteiger partial charge in [-0.2, -0.15) is 0 Å². The molecular weight excluding hydrogens is 270 g/mol. The highest BCUT2D eigenvalue weighted by Gasteiger charge is 2.28. The Hall–Kier alpha value is -2.37. The number of carbonyl (C=O) groups is 3. The highest BCUT2D eigenvalue weighted by Crippen LogP contribution is 2.19. The predicted molar refractivity (Wildman–Crippen MR) is 77.7 cm³/mol. The number of nitrogens with one attached hydrogen (secondary N) is 2. The molecule has 0 bridgehead atoms. The minimum Gasteiger partial charge on any atom is -0.402 e. The van der Waals surface area contributed by atoms with Crippen LogP contribution in [0.4, 0.5) is 0 Å². The van der Waals surface area contributed by atoms with E-state index in [-0.39, 0.29) is 18.2 Å². The van der Waals surface area contributed by atoms with Gasteiger partial charge in [-0.1, -0.05) is 19.1 Å². The van der Waals surface area contributed by atoms with Crippen molar-refractivity contribution in [2.45, 2.75) is 38.6 Å². The summed E-state index contributed by atoms with van der Waals surface area (Å²) >= 11 is 0. The number of hydrogen-bond acceptors (Lipinski definition) is 4. The number of hydrogen-bond donors (Lipinski definition) is 3. The van der Waals surface area contributed by atoms with E-state index in [1.54, 1.807) is 12.2 Å². The predicted octanol–water partition coefficient (Wildman–Crippen LogP) is 0.417. The summed E-state index contributed by atoms with van der Waals surface area (Å²) in [7, 11) is 0. The van der Waals surface area contributed by atoms with E-state index in [0.717, 1.165) is 5.57 Å². The van der Waals surface area contributed by atoms with Crippen molar-refractivity contribution in [1.82, 2.24) is 10.6 Å². The second-order valence-electron chi connectivity index (χ2n) is 5.10. The van der Waals surface area contributed by atoms with Crippen LogP contribution < -0.4 is 16.4 Å². The maximum absolute atomic E-state index is 12.4. The lowest BCUT2D eigenvalue weighted by Crippen LogP contribution is -2.52. The highest BCUT2D eigenvalue weighted by molar-refractivity contribution is 6.04. The van der Waals surface area contributed by atoms with Crippen molar-refractivity contribution in [2.75, 3.05) is 0 Å².